The van der Waals surface area contributed by atoms with Gasteiger partial charge in [-0.05, 0) is 63.0 Å². The molecule has 5 heteroatoms. The summed E-state index contributed by atoms with van der Waals surface area (Å²) < 4.78 is 7.88. The molecule has 3 aliphatic rings. The van der Waals surface area contributed by atoms with Gasteiger partial charge in [-0.1, -0.05) is 23.8 Å². The molecule has 0 aliphatic carbocycles. The molecule has 0 spiro atoms. The number of amides is 1. The highest BCUT2D eigenvalue weighted by molar-refractivity contribution is 6.07. The lowest BCUT2D eigenvalue weighted by Crippen LogP contribution is -2.38. The van der Waals surface area contributed by atoms with Crippen LogP contribution in [0.2, 0.25) is 0 Å². The normalized spacial score (nSPS) is 23.0. The maximum absolute atomic E-state index is 12.2. The third-order valence-electron chi connectivity index (χ3n) is 7.34. The van der Waals surface area contributed by atoms with Crippen LogP contribution in [0.3, 0.4) is 0 Å². The van der Waals surface area contributed by atoms with E-state index in [4.69, 9.17) is 9.73 Å². The molecule has 1 fully saturated rings. The van der Waals surface area contributed by atoms with Gasteiger partial charge < -0.3 is 14.2 Å². The predicted molar refractivity (Wildman–Crippen MR) is 125 cm³/mol. The molecule has 2 aromatic rings. The molecule has 3 aliphatic heterocycles. The van der Waals surface area contributed by atoms with Crippen LogP contribution < -0.4 is 0 Å². The number of nitrogens with zero attached hydrogens (tertiary/aromatic N) is 3. The molecule has 164 valence electrons. The number of benzene rings is 1. The number of hydrogen-bond acceptors (Lipinski definition) is 3. The Morgan fingerprint density at radius 1 is 1.16 bits per heavy atom. The summed E-state index contributed by atoms with van der Waals surface area (Å²) in [5, 5.41) is 1.27. The lowest BCUT2D eigenvalue weighted by Gasteiger charge is -2.30. The van der Waals surface area contributed by atoms with Crippen LogP contribution in [0.1, 0.15) is 51.0 Å². The largest absolute Gasteiger partial charge is 0.381 e. The van der Waals surface area contributed by atoms with Gasteiger partial charge in [-0.2, -0.15) is 0 Å². The summed E-state index contributed by atoms with van der Waals surface area (Å²) in [6.07, 6.45) is 8.85. The van der Waals surface area contributed by atoms with Crippen LogP contribution in [0.4, 0.5) is 0 Å². The van der Waals surface area contributed by atoms with Gasteiger partial charge in [0.25, 0.3) is 0 Å². The van der Waals surface area contributed by atoms with Gasteiger partial charge in [0, 0.05) is 50.4 Å². The maximum atomic E-state index is 12.2. The Kier molecular flexibility index (Phi) is 5.70. The number of ether oxygens (including phenoxy) is 1. The number of hydrogen-bond donors (Lipinski definition) is 0. The first kappa shape index (κ1) is 20.5. The summed E-state index contributed by atoms with van der Waals surface area (Å²) >= 11 is 0. The van der Waals surface area contributed by atoms with E-state index in [-0.39, 0.29) is 5.91 Å². The summed E-state index contributed by atoms with van der Waals surface area (Å²) in [4.78, 5) is 19.6. The Morgan fingerprint density at radius 3 is 2.77 bits per heavy atom. The van der Waals surface area contributed by atoms with Crippen molar-refractivity contribution in [3.05, 3.63) is 47.2 Å². The first-order valence-corrected chi connectivity index (χ1v) is 11.8. The van der Waals surface area contributed by atoms with Gasteiger partial charge in [0.2, 0.25) is 5.91 Å². The number of aryl methyl sites for hydroxylation is 1. The average Bonchev–Trinajstić information content (AvgIpc) is 3.01. The Balaban J connectivity index is 1.57. The first-order valence-electron chi connectivity index (χ1n) is 11.8. The molecule has 1 unspecified atom stereocenters. The van der Waals surface area contributed by atoms with E-state index >= 15 is 0 Å². The van der Waals surface area contributed by atoms with E-state index < -0.39 is 0 Å². The van der Waals surface area contributed by atoms with E-state index in [1.165, 1.54) is 27.6 Å². The van der Waals surface area contributed by atoms with Crippen LogP contribution in [0.25, 0.3) is 10.9 Å². The second kappa shape index (κ2) is 8.62. The smallest absolute Gasteiger partial charge is 0.219 e. The number of para-hydroxylation sites is 1. The number of rotatable bonds is 2. The molecule has 1 aromatic carbocycles. The number of aromatic nitrogens is 1. The zero-order chi connectivity index (χ0) is 21.4. The summed E-state index contributed by atoms with van der Waals surface area (Å²) in [6, 6.07) is 8.92. The topological polar surface area (TPSA) is 46.8 Å². The van der Waals surface area contributed by atoms with E-state index in [0.717, 1.165) is 64.1 Å². The minimum atomic E-state index is 0.155. The Bertz CT molecular complexity index is 1040. The summed E-state index contributed by atoms with van der Waals surface area (Å²) in [7, 11) is 0. The molecule has 0 bridgehead atoms. The van der Waals surface area contributed by atoms with Crippen molar-refractivity contribution in [1.29, 1.82) is 0 Å². The van der Waals surface area contributed by atoms with E-state index in [2.05, 4.69) is 42.0 Å². The monoisotopic (exact) mass is 419 g/mol. The predicted octanol–water partition coefficient (Wildman–Crippen LogP) is 4.72. The van der Waals surface area contributed by atoms with Crippen LogP contribution in [-0.4, -0.2) is 53.6 Å². The molecule has 0 radical (unpaired) electrons. The van der Waals surface area contributed by atoms with E-state index in [1.807, 2.05) is 4.90 Å². The number of fused-ring (bicyclic) bond motifs is 1. The van der Waals surface area contributed by atoms with Crippen molar-refractivity contribution in [2.45, 2.75) is 58.4 Å². The standard InChI is InChI=1S/C26H33N3O2/c1-18-16-29(25-6-4-3-5-23(18)25)26-24-17-28(19(2)30)12-9-21(24)7-8-22(27-26)15-20-10-13-31-14-11-20/h3-6,16,20,22H,7-15,17H2,1-2H3. The van der Waals surface area contributed by atoms with Crippen LogP contribution in [0.5, 0.6) is 0 Å². The molecule has 0 saturated carbocycles. The third kappa shape index (κ3) is 4.08. The van der Waals surface area contributed by atoms with Gasteiger partial charge in [-0.25, -0.2) is 0 Å². The van der Waals surface area contributed by atoms with Gasteiger partial charge in [0.1, 0.15) is 5.84 Å². The first-order chi connectivity index (χ1) is 15.1. The Hall–Kier alpha value is -2.40. The molecule has 0 N–H and O–H groups in total. The third-order valence-corrected chi connectivity index (χ3v) is 7.34. The lowest BCUT2D eigenvalue weighted by atomic mass is 9.89. The second-order valence-electron chi connectivity index (χ2n) is 9.41. The quantitative estimate of drug-likeness (QED) is 0.707. The van der Waals surface area contributed by atoms with Crippen molar-refractivity contribution < 1.29 is 9.53 Å². The van der Waals surface area contributed by atoms with Crippen molar-refractivity contribution in [3.8, 4) is 0 Å². The van der Waals surface area contributed by atoms with Gasteiger partial charge in [0.05, 0.1) is 11.6 Å². The van der Waals surface area contributed by atoms with Crippen molar-refractivity contribution in [1.82, 2.24) is 9.47 Å². The minimum absolute atomic E-state index is 0.155. The van der Waals surface area contributed by atoms with Crippen LogP contribution >= 0.6 is 0 Å². The molecule has 31 heavy (non-hydrogen) atoms. The van der Waals surface area contributed by atoms with Gasteiger partial charge in [0.15, 0.2) is 0 Å². The zero-order valence-electron chi connectivity index (χ0n) is 18.8. The van der Waals surface area contributed by atoms with E-state index in [1.54, 1.807) is 6.92 Å². The van der Waals surface area contributed by atoms with Crippen molar-refractivity contribution >= 4 is 22.6 Å². The number of aliphatic imine (C=N–C) groups is 1. The molecule has 1 aromatic heterocycles. The minimum Gasteiger partial charge on any atom is -0.381 e. The van der Waals surface area contributed by atoms with Crippen LogP contribution in [-0.2, 0) is 9.53 Å². The Morgan fingerprint density at radius 2 is 1.97 bits per heavy atom. The molecule has 5 nitrogen and oxygen atoms in total. The molecule has 4 heterocycles. The molecule has 1 atom stereocenters. The molecule has 5 rings (SSSR count). The highest BCUT2D eigenvalue weighted by Crippen LogP contribution is 2.33. The highest BCUT2D eigenvalue weighted by atomic mass is 16.5. The molecule has 1 saturated heterocycles. The zero-order valence-corrected chi connectivity index (χ0v) is 18.8. The molecular formula is C26H33N3O2. The average molecular weight is 420 g/mol. The van der Waals surface area contributed by atoms with Crippen LogP contribution in [0, 0.1) is 12.8 Å². The van der Waals surface area contributed by atoms with Crippen molar-refractivity contribution in [2.75, 3.05) is 26.3 Å². The summed E-state index contributed by atoms with van der Waals surface area (Å²) in [5.41, 5.74) is 5.25. The lowest BCUT2D eigenvalue weighted by molar-refractivity contribution is -0.128. The number of carbonyl (C=O) groups is 1. The SMILES string of the molecule is CC(=O)N1CCC2=C(C1)C(n1cc(C)c3ccccc31)=NC(CC1CCOCC1)CC2. The van der Waals surface area contributed by atoms with Gasteiger partial charge >= 0.3 is 0 Å². The maximum Gasteiger partial charge on any atom is 0.219 e. The highest BCUT2D eigenvalue weighted by Gasteiger charge is 2.30. The fourth-order valence-corrected chi connectivity index (χ4v) is 5.50. The summed E-state index contributed by atoms with van der Waals surface area (Å²) in [6.45, 7) is 7.14. The molecule has 1 amide bonds. The second-order valence-corrected chi connectivity index (χ2v) is 9.41. The van der Waals surface area contributed by atoms with Crippen molar-refractivity contribution in [3.63, 3.8) is 0 Å². The van der Waals surface area contributed by atoms with Crippen molar-refractivity contribution in [2.24, 2.45) is 10.9 Å². The number of carbonyl (C=O) groups excluding carboxylic acids is 1. The van der Waals surface area contributed by atoms with Gasteiger partial charge in [-0.15, -0.1) is 0 Å². The molecular weight excluding hydrogens is 386 g/mol. The fraction of sp³-hybridized carbons (Fsp3) is 0.538. The Labute approximate surface area is 184 Å². The van der Waals surface area contributed by atoms with Crippen LogP contribution in [0.15, 0.2) is 46.6 Å². The van der Waals surface area contributed by atoms with E-state index in [0.29, 0.717) is 18.5 Å². The van der Waals surface area contributed by atoms with E-state index in [9.17, 15) is 4.79 Å². The van der Waals surface area contributed by atoms with Gasteiger partial charge in [-0.3, -0.25) is 9.79 Å². The summed E-state index contributed by atoms with van der Waals surface area (Å²) in [5.74, 6) is 1.93. The fourth-order valence-electron chi connectivity index (χ4n) is 5.50.